The highest BCUT2D eigenvalue weighted by Crippen LogP contribution is 2.20. The van der Waals surface area contributed by atoms with Gasteiger partial charge < -0.3 is 10.1 Å². The zero-order valence-electron chi connectivity index (χ0n) is 9.60. The number of ether oxygens (including phenoxy) is 1. The van der Waals surface area contributed by atoms with Crippen LogP contribution < -0.4 is 10.1 Å². The van der Waals surface area contributed by atoms with Gasteiger partial charge in [-0.3, -0.25) is 4.21 Å². The fraction of sp³-hybridized carbons (Fsp3) is 0.500. The van der Waals surface area contributed by atoms with Crippen molar-refractivity contribution in [3.63, 3.8) is 0 Å². The fourth-order valence-electron chi connectivity index (χ4n) is 1.48. The van der Waals surface area contributed by atoms with Gasteiger partial charge in [0, 0.05) is 23.2 Å². The highest BCUT2D eigenvalue weighted by atomic mass is 32.2. The van der Waals surface area contributed by atoms with Crippen molar-refractivity contribution in [1.29, 1.82) is 0 Å². The van der Waals surface area contributed by atoms with Gasteiger partial charge in [0.2, 0.25) is 0 Å². The minimum atomic E-state index is -0.940. The van der Waals surface area contributed by atoms with Crippen LogP contribution in [-0.2, 0) is 10.8 Å². The van der Waals surface area contributed by atoms with Crippen molar-refractivity contribution >= 4 is 10.8 Å². The van der Waals surface area contributed by atoms with Gasteiger partial charge in [-0.05, 0) is 18.2 Å². The Hall–Kier alpha value is -0.870. The summed E-state index contributed by atoms with van der Waals surface area (Å²) in [4.78, 5) is 0.847. The molecule has 1 unspecified atom stereocenters. The molecule has 1 fully saturated rings. The third-order valence-electron chi connectivity index (χ3n) is 2.51. The van der Waals surface area contributed by atoms with Crippen LogP contribution in [0.3, 0.4) is 0 Å². The molecule has 1 aliphatic heterocycles. The Morgan fingerprint density at radius 3 is 2.75 bits per heavy atom. The van der Waals surface area contributed by atoms with E-state index in [9.17, 15) is 4.21 Å². The maximum absolute atomic E-state index is 11.9. The van der Waals surface area contributed by atoms with Crippen molar-refractivity contribution in [3.8, 4) is 5.75 Å². The van der Waals surface area contributed by atoms with Gasteiger partial charge >= 0.3 is 0 Å². The van der Waals surface area contributed by atoms with E-state index in [-0.39, 0.29) is 11.4 Å². The molecule has 1 heterocycles. The number of rotatable bonds is 4. The molecule has 0 spiro atoms. The first-order valence-corrected chi connectivity index (χ1v) is 6.76. The van der Waals surface area contributed by atoms with Crippen LogP contribution in [-0.4, -0.2) is 28.7 Å². The van der Waals surface area contributed by atoms with E-state index in [1.165, 1.54) is 0 Å². The van der Waals surface area contributed by atoms with Crippen LogP contribution in [0.25, 0.3) is 0 Å². The summed E-state index contributed by atoms with van der Waals surface area (Å²) < 4.78 is 17.6. The summed E-state index contributed by atoms with van der Waals surface area (Å²) >= 11 is 0. The Bertz CT molecular complexity index is 388. The molecule has 1 aliphatic rings. The third-order valence-corrected chi connectivity index (χ3v) is 4.09. The van der Waals surface area contributed by atoms with Crippen molar-refractivity contribution in [3.05, 3.63) is 24.3 Å². The average Bonchev–Trinajstić information content (AvgIpc) is 2.23. The van der Waals surface area contributed by atoms with Crippen LogP contribution in [0.2, 0.25) is 0 Å². The van der Waals surface area contributed by atoms with Gasteiger partial charge in [0.1, 0.15) is 11.9 Å². The number of nitrogens with one attached hydrogen (secondary N) is 1. The van der Waals surface area contributed by atoms with Crippen molar-refractivity contribution < 1.29 is 8.95 Å². The molecule has 0 radical (unpaired) electrons. The van der Waals surface area contributed by atoms with Gasteiger partial charge in [-0.25, -0.2) is 0 Å². The molecule has 1 aromatic rings. The number of hydrogen-bond acceptors (Lipinski definition) is 3. The molecule has 2 rings (SSSR count). The zero-order valence-corrected chi connectivity index (χ0v) is 10.4. The van der Waals surface area contributed by atoms with Gasteiger partial charge in [-0.2, -0.15) is 0 Å². The Morgan fingerprint density at radius 2 is 2.19 bits per heavy atom. The van der Waals surface area contributed by atoms with Gasteiger partial charge in [0.15, 0.2) is 0 Å². The molecule has 0 aliphatic carbocycles. The molecule has 4 heteroatoms. The highest BCUT2D eigenvalue weighted by molar-refractivity contribution is 7.85. The van der Waals surface area contributed by atoms with Gasteiger partial charge in [-0.1, -0.05) is 19.9 Å². The first-order chi connectivity index (χ1) is 7.66. The predicted octanol–water partition coefficient (Wildman–Crippen LogP) is 1.55. The van der Waals surface area contributed by atoms with Crippen LogP contribution >= 0.6 is 0 Å². The number of hydrogen-bond donors (Lipinski definition) is 1. The van der Waals surface area contributed by atoms with E-state index >= 15 is 0 Å². The monoisotopic (exact) mass is 239 g/mol. The van der Waals surface area contributed by atoms with Crippen molar-refractivity contribution in [2.24, 2.45) is 0 Å². The largest absolute Gasteiger partial charge is 0.488 e. The zero-order chi connectivity index (χ0) is 11.5. The lowest BCUT2D eigenvalue weighted by Crippen LogP contribution is -2.50. The lowest BCUT2D eigenvalue weighted by molar-refractivity contribution is 0.142. The van der Waals surface area contributed by atoms with Crippen LogP contribution in [0.4, 0.5) is 0 Å². The first-order valence-electron chi connectivity index (χ1n) is 5.55. The first kappa shape index (κ1) is 11.6. The molecule has 0 saturated carbocycles. The second-order valence-corrected chi connectivity index (χ2v) is 6.23. The standard InChI is InChI=1S/C12H17NO2S/c1-9(2)16(14)12-5-3-4-10(6-12)15-11-7-13-8-11/h3-6,9,11,13H,7-8H2,1-2H3. The third kappa shape index (κ3) is 2.62. The molecule has 0 bridgehead atoms. The van der Waals surface area contributed by atoms with Gasteiger partial charge in [-0.15, -0.1) is 0 Å². The van der Waals surface area contributed by atoms with Crippen molar-refractivity contribution in [2.45, 2.75) is 30.1 Å². The quantitative estimate of drug-likeness (QED) is 0.866. The molecule has 1 saturated heterocycles. The summed E-state index contributed by atoms with van der Waals surface area (Å²) in [5.74, 6) is 0.818. The SMILES string of the molecule is CC(C)S(=O)c1cccc(OC2CNC2)c1. The summed E-state index contributed by atoms with van der Waals surface area (Å²) in [7, 11) is -0.940. The summed E-state index contributed by atoms with van der Waals surface area (Å²) in [5, 5.41) is 3.29. The van der Waals surface area contributed by atoms with Crippen molar-refractivity contribution in [1.82, 2.24) is 5.32 Å². The van der Waals surface area contributed by atoms with E-state index in [0.29, 0.717) is 0 Å². The minimum Gasteiger partial charge on any atom is -0.488 e. The molecular weight excluding hydrogens is 222 g/mol. The van der Waals surface area contributed by atoms with E-state index < -0.39 is 10.8 Å². The minimum absolute atomic E-state index is 0.139. The molecule has 16 heavy (non-hydrogen) atoms. The second kappa shape index (κ2) is 4.97. The van der Waals surface area contributed by atoms with Crippen LogP contribution in [0.1, 0.15) is 13.8 Å². The van der Waals surface area contributed by atoms with E-state index in [4.69, 9.17) is 4.74 Å². The molecule has 0 aromatic heterocycles. The van der Waals surface area contributed by atoms with Crippen LogP contribution in [0.15, 0.2) is 29.2 Å². The summed E-state index contributed by atoms with van der Waals surface area (Å²) in [6.07, 6.45) is 0.266. The van der Waals surface area contributed by atoms with E-state index in [1.54, 1.807) is 0 Å². The predicted molar refractivity (Wildman–Crippen MR) is 65.3 cm³/mol. The van der Waals surface area contributed by atoms with Gasteiger partial charge in [0.05, 0.1) is 10.8 Å². The Morgan fingerprint density at radius 1 is 1.44 bits per heavy atom. The lowest BCUT2D eigenvalue weighted by atomic mass is 10.2. The summed E-state index contributed by atoms with van der Waals surface area (Å²) in [5.41, 5.74) is 0. The fourth-order valence-corrected chi connectivity index (χ4v) is 2.47. The number of benzene rings is 1. The Balaban J connectivity index is 2.09. The van der Waals surface area contributed by atoms with E-state index in [2.05, 4.69) is 5.32 Å². The summed E-state index contributed by atoms with van der Waals surface area (Å²) in [6, 6.07) is 7.59. The molecule has 3 nitrogen and oxygen atoms in total. The van der Waals surface area contributed by atoms with Gasteiger partial charge in [0.25, 0.3) is 0 Å². The Labute approximate surface area is 98.7 Å². The molecule has 88 valence electrons. The normalized spacial score (nSPS) is 18.2. The molecular formula is C12H17NO2S. The van der Waals surface area contributed by atoms with E-state index in [1.807, 2.05) is 38.1 Å². The van der Waals surface area contributed by atoms with Crippen LogP contribution in [0.5, 0.6) is 5.75 Å². The van der Waals surface area contributed by atoms with E-state index in [0.717, 1.165) is 23.7 Å². The lowest BCUT2D eigenvalue weighted by Gasteiger charge is -2.27. The maximum Gasteiger partial charge on any atom is 0.123 e. The molecule has 1 N–H and O–H groups in total. The second-order valence-electron chi connectivity index (χ2n) is 4.22. The topological polar surface area (TPSA) is 38.3 Å². The maximum atomic E-state index is 11.9. The molecule has 1 aromatic carbocycles. The van der Waals surface area contributed by atoms with Crippen molar-refractivity contribution in [2.75, 3.05) is 13.1 Å². The summed E-state index contributed by atoms with van der Waals surface area (Å²) in [6.45, 7) is 5.72. The molecule has 1 atom stereocenters. The smallest absolute Gasteiger partial charge is 0.123 e. The average molecular weight is 239 g/mol. The Kier molecular flexibility index (Phi) is 3.61. The van der Waals surface area contributed by atoms with Crippen LogP contribution in [0, 0.1) is 0 Å². The highest BCUT2D eigenvalue weighted by Gasteiger charge is 2.18. The molecule has 0 amide bonds.